The van der Waals surface area contributed by atoms with Gasteiger partial charge in [0.25, 0.3) is 0 Å². The Morgan fingerprint density at radius 2 is 1.96 bits per heavy atom. The summed E-state index contributed by atoms with van der Waals surface area (Å²) in [6.45, 7) is 7.99. The molecule has 1 amide bonds. The second-order valence-corrected chi connectivity index (χ2v) is 7.84. The van der Waals surface area contributed by atoms with Crippen molar-refractivity contribution in [3.05, 3.63) is 30.1 Å². The van der Waals surface area contributed by atoms with Crippen LogP contribution in [0.15, 0.2) is 24.5 Å². The molecule has 0 unspecified atom stereocenters. The number of likely N-dealkylation sites (tertiary alicyclic amines) is 1. The average Bonchev–Trinajstić information content (AvgIpc) is 3.05. The molecule has 6 nitrogen and oxygen atoms in total. The fourth-order valence-corrected chi connectivity index (χ4v) is 4.03. The third-order valence-electron chi connectivity index (χ3n) is 5.76. The number of hydrogen-bond acceptors (Lipinski definition) is 5. The molecule has 2 fully saturated rings. The van der Waals surface area contributed by atoms with Crippen molar-refractivity contribution in [3.8, 4) is 6.07 Å². The van der Waals surface area contributed by atoms with Crippen LogP contribution in [0, 0.1) is 28.6 Å². The van der Waals surface area contributed by atoms with Crippen molar-refractivity contribution in [1.29, 1.82) is 5.26 Å². The Bertz CT molecular complexity index is 660. The molecule has 0 aromatic carbocycles. The molecule has 0 radical (unpaired) electrons. The van der Waals surface area contributed by atoms with E-state index in [9.17, 15) is 10.1 Å². The van der Waals surface area contributed by atoms with Gasteiger partial charge in [-0.25, -0.2) is 0 Å². The fourth-order valence-electron chi connectivity index (χ4n) is 4.03. The number of aromatic nitrogens is 1. The second-order valence-electron chi connectivity index (χ2n) is 7.84. The molecule has 156 valence electrons. The Kier molecular flexibility index (Phi) is 9.65. The van der Waals surface area contributed by atoms with Gasteiger partial charge in [0.05, 0.1) is 6.07 Å². The monoisotopic (exact) mass is 428 g/mol. The minimum atomic E-state index is -0.932. The van der Waals surface area contributed by atoms with Gasteiger partial charge in [-0.05, 0) is 42.4 Å². The van der Waals surface area contributed by atoms with E-state index < -0.39 is 5.41 Å². The number of ether oxygens (including phenoxy) is 1. The van der Waals surface area contributed by atoms with E-state index in [4.69, 9.17) is 4.74 Å². The SMILES string of the molecule is CC(C)[C@H]1CN(Cc2ccncc2)C[C@@H]1NC(=O)C1(C#N)CCOCC1.Cl.Cl. The predicted octanol–water partition coefficient (Wildman–Crippen LogP) is 2.82. The Balaban J connectivity index is 0.00000196. The van der Waals surface area contributed by atoms with Crippen molar-refractivity contribution in [1.82, 2.24) is 15.2 Å². The molecule has 3 rings (SSSR count). The van der Waals surface area contributed by atoms with Crippen LogP contribution in [0.5, 0.6) is 0 Å². The summed E-state index contributed by atoms with van der Waals surface area (Å²) in [6, 6.07) is 6.42. The number of nitrogens with one attached hydrogen (secondary N) is 1. The smallest absolute Gasteiger partial charge is 0.240 e. The fraction of sp³-hybridized carbons (Fsp3) is 0.650. The lowest BCUT2D eigenvalue weighted by molar-refractivity contribution is -0.133. The second kappa shape index (κ2) is 11.0. The summed E-state index contributed by atoms with van der Waals surface area (Å²) in [7, 11) is 0. The van der Waals surface area contributed by atoms with Crippen molar-refractivity contribution in [3.63, 3.8) is 0 Å². The van der Waals surface area contributed by atoms with E-state index in [1.165, 1.54) is 5.56 Å². The molecule has 0 bridgehead atoms. The van der Waals surface area contributed by atoms with Crippen molar-refractivity contribution >= 4 is 30.7 Å². The quantitative estimate of drug-likeness (QED) is 0.779. The summed E-state index contributed by atoms with van der Waals surface area (Å²) < 4.78 is 5.35. The maximum atomic E-state index is 12.9. The molecule has 0 saturated carbocycles. The molecule has 1 aromatic heterocycles. The zero-order valence-electron chi connectivity index (χ0n) is 16.5. The number of hydrogen-bond donors (Lipinski definition) is 1. The third kappa shape index (κ3) is 5.57. The average molecular weight is 429 g/mol. The van der Waals surface area contributed by atoms with Crippen molar-refractivity contribution in [2.24, 2.45) is 17.3 Å². The highest BCUT2D eigenvalue weighted by molar-refractivity contribution is 5.86. The number of carbonyl (C=O) groups is 1. The summed E-state index contributed by atoms with van der Waals surface area (Å²) in [5.74, 6) is 0.733. The van der Waals surface area contributed by atoms with Crippen molar-refractivity contribution in [2.75, 3.05) is 26.3 Å². The van der Waals surface area contributed by atoms with Crippen LogP contribution in [-0.4, -0.2) is 48.1 Å². The molecule has 28 heavy (non-hydrogen) atoms. The lowest BCUT2D eigenvalue weighted by Gasteiger charge is -2.32. The molecule has 8 heteroatoms. The van der Waals surface area contributed by atoms with Crippen molar-refractivity contribution in [2.45, 2.75) is 39.3 Å². The van der Waals surface area contributed by atoms with E-state index >= 15 is 0 Å². The van der Waals surface area contributed by atoms with Gasteiger partial charge in [0, 0.05) is 51.3 Å². The van der Waals surface area contributed by atoms with Crippen LogP contribution in [0.4, 0.5) is 0 Å². The lowest BCUT2D eigenvalue weighted by atomic mass is 9.80. The Labute approximate surface area is 179 Å². The minimum absolute atomic E-state index is 0. The molecule has 2 atom stereocenters. The summed E-state index contributed by atoms with van der Waals surface area (Å²) in [6.07, 6.45) is 4.59. The highest BCUT2D eigenvalue weighted by atomic mass is 35.5. The van der Waals surface area contributed by atoms with Crippen LogP contribution in [0.1, 0.15) is 32.3 Å². The van der Waals surface area contributed by atoms with E-state index in [-0.39, 0.29) is 36.8 Å². The predicted molar refractivity (Wildman–Crippen MR) is 112 cm³/mol. The van der Waals surface area contributed by atoms with Gasteiger partial charge < -0.3 is 10.1 Å². The number of nitrogens with zero attached hydrogens (tertiary/aromatic N) is 3. The molecular weight excluding hydrogens is 399 g/mol. The van der Waals surface area contributed by atoms with E-state index in [2.05, 4.69) is 35.1 Å². The number of pyridine rings is 1. The molecule has 3 heterocycles. The van der Waals surface area contributed by atoms with Gasteiger partial charge in [0.2, 0.25) is 5.91 Å². The zero-order valence-corrected chi connectivity index (χ0v) is 18.1. The van der Waals surface area contributed by atoms with Crippen LogP contribution < -0.4 is 5.32 Å². The first-order valence-electron chi connectivity index (χ1n) is 9.45. The standard InChI is InChI=1S/C20H28N4O2.2ClH/c1-15(2)17-12-24(11-16-3-7-22-8-4-16)13-18(17)23-19(25)20(14-21)5-9-26-10-6-20;;/h3-4,7-8,15,17-18H,5-6,9-13H2,1-2H3,(H,23,25);2*1H/t17-,18+;;/m1../s1. The lowest BCUT2D eigenvalue weighted by Crippen LogP contribution is -2.50. The number of halogens is 2. The molecule has 0 spiro atoms. The number of amides is 1. The van der Waals surface area contributed by atoms with Gasteiger partial charge >= 0.3 is 0 Å². The van der Waals surface area contributed by atoms with Gasteiger partial charge in [-0.2, -0.15) is 5.26 Å². The van der Waals surface area contributed by atoms with Crippen LogP contribution in [-0.2, 0) is 16.1 Å². The van der Waals surface area contributed by atoms with Crippen LogP contribution in [0.25, 0.3) is 0 Å². The van der Waals surface area contributed by atoms with Gasteiger partial charge in [0.15, 0.2) is 0 Å². The van der Waals surface area contributed by atoms with E-state index in [0.29, 0.717) is 37.9 Å². The van der Waals surface area contributed by atoms with Gasteiger partial charge in [-0.1, -0.05) is 13.8 Å². The highest BCUT2D eigenvalue weighted by Crippen LogP contribution is 2.32. The third-order valence-corrected chi connectivity index (χ3v) is 5.76. The first-order chi connectivity index (χ1) is 12.5. The Hall–Kier alpha value is -1.39. The van der Waals surface area contributed by atoms with Crippen LogP contribution in [0.2, 0.25) is 0 Å². The first-order valence-corrected chi connectivity index (χ1v) is 9.45. The highest BCUT2D eigenvalue weighted by Gasteiger charge is 2.43. The minimum Gasteiger partial charge on any atom is -0.381 e. The summed E-state index contributed by atoms with van der Waals surface area (Å²) >= 11 is 0. The number of rotatable bonds is 5. The van der Waals surface area contributed by atoms with Gasteiger partial charge in [-0.15, -0.1) is 24.8 Å². The molecule has 2 aliphatic rings. The maximum Gasteiger partial charge on any atom is 0.240 e. The van der Waals surface area contributed by atoms with Gasteiger partial charge in [-0.3, -0.25) is 14.7 Å². The molecular formula is C20H30Cl2N4O2. The molecule has 1 aromatic rings. The van der Waals surface area contributed by atoms with E-state index in [1.807, 2.05) is 24.5 Å². The number of nitriles is 1. The summed E-state index contributed by atoms with van der Waals surface area (Å²) in [5, 5.41) is 12.8. The van der Waals surface area contributed by atoms with Gasteiger partial charge in [0.1, 0.15) is 5.41 Å². The van der Waals surface area contributed by atoms with E-state index in [0.717, 1.165) is 19.6 Å². The Morgan fingerprint density at radius 1 is 1.32 bits per heavy atom. The van der Waals surface area contributed by atoms with Crippen molar-refractivity contribution < 1.29 is 9.53 Å². The van der Waals surface area contributed by atoms with Crippen LogP contribution in [0.3, 0.4) is 0 Å². The molecule has 2 aliphatic heterocycles. The molecule has 2 saturated heterocycles. The molecule has 1 N–H and O–H groups in total. The zero-order chi connectivity index (χ0) is 18.6. The largest absolute Gasteiger partial charge is 0.381 e. The number of carbonyl (C=O) groups excluding carboxylic acids is 1. The maximum absolute atomic E-state index is 12.9. The molecule has 0 aliphatic carbocycles. The van der Waals surface area contributed by atoms with Crippen LogP contribution >= 0.6 is 24.8 Å². The van der Waals surface area contributed by atoms with E-state index in [1.54, 1.807) is 0 Å². The Morgan fingerprint density at radius 3 is 2.54 bits per heavy atom. The normalized spacial score (nSPS) is 23.9. The summed E-state index contributed by atoms with van der Waals surface area (Å²) in [5.41, 5.74) is 0.297. The first kappa shape index (κ1) is 24.6. The topological polar surface area (TPSA) is 78.3 Å². The summed E-state index contributed by atoms with van der Waals surface area (Å²) in [4.78, 5) is 19.4.